The molecule has 23 heavy (non-hydrogen) atoms. The lowest BCUT2D eigenvalue weighted by Crippen LogP contribution is -2.10. The van der Waals surface area contributed by atoms with Crippen LogP contribution in [0, 0.1) is 24.2 Å². The van der Waals surface area contributed by atoms with Gasteiger partial charge in [-0.1, -0.05) is 48.9 Å². The Kier molecular flexibility index (Phi) is 3.99. The van der Waals surface area contributed by atoms with E-state index in [2.05, 4.69) is 13.0 Å². The molecule has 0 N–H and O–H groups in total. The number of aryl methyl sites for hydroxylation is 2. The summed E-state index contributed by atoms with van der Waals surface area (Å²) in [6.07, 6.45) is 0.942. The van der Waals surface area contributed by atoms with Gasteiger partial charge in [-0.3, -0.25) is 0 Å². The molecule has 2 aromatic carbocycles. The van der Waals surface area contributed by atoms with E-state index < -0.39 is 21.0 Å². The van der Waals surface area contributed by atoms with Gasteiger partial charge in [0.25, 0.3) is 0 Å². The molecule has 3 rings (SSSR count). The average Bonchev–Trinajstić information content (AvgIpc) is 3.31. The van der Waals surface area contributed by atoms with Crippen molar-refractivity contribution in [3.8, 4) is 6.07 Å². The van der Waals surface area contributed by atoms with Crippen LogP contribution in [0.5, 0.6) is 0 Å². The maximum atomic E-state index is 12.8. The van der Waals surface area contributed by atoms with Gasteiger partial charge in [-0.2, -0.15) is 5.26 Å². The minimum atomic E-state index is -3.48. The summed E-state index contributed by atoms with van der Waals surface area (Å²) >= 11 is 0. The molecule has 118 valence electrons. The van der Waals surface area contributed by atoms with Crippen LogP contribution in [-0.4, -0.2) is 13.7 Å². The molecule has 1 saturated carbocycles. The predicted molar refractivity (Wildman–Crippen MR) is 89.8 cm³/mol. The Hall–Kier alpha value is -2.12. The summed E-state index contributed by atoms with van der Waals surface area (Å²) in [4.78, 5) is 0.307. The summed E-state index contributed by atoms with van der Waals surface area (Å²) in [5.74, 6) is -0.689. The predicted octanol–water partition coefficient (Wildman–Crippen LogP) is 3.64. The van der Waals surface area contributed by atoms with Gasteiger partial charge in [0.2, 0.25) is 0 Å². The molecule has 1 aliphatic rings. The third-order valence-corrected chi connectivity index (χ3v) is 6.82. The van der Waals surface area contributed by atoms with Crippen molar-refractivity contribution in [3.05, 3.63) is 65.2 Å². The summed E-state index contributed by atoms with van der Waals surface area (Å²) in [7, 11) is -3.48. The van der Waals surface area contributed by atoms with E-state index in [0.29, 0.717) is 4.90 Å². The highest BCUT2D eigenvalue weighted by Crippen LogP contribution is 2.53. The van der Waals surface area contributed by atoms with Gasteiger partial charge in [-0.05, 0) is 36.6 Å². The van der Waals surface area contributed by atoms with Gasteiger partial charge in [-0.15, -0.1) is 0 Å². The molecule has 0 bridgehead atoms. The van der Waals surface area contributed by atoms with Crippen LogP contribution in [0.2, 0.25) is 0 Å². The van der Waals surface area contributed by atoms with Crippen molar-refractivity contribution in [2.24, 2.45) is 5.92 Å². The van der Waals surface area contributed by atoms with E-state index >= 15 is 0 Å². The Morgan fingerprint density at radius 1 is 1.04 bits per heavy atom. The summed E-state index contributed by atoms with van der Waals surface area (Å²) in [6.45, 7) is 4.00. The van der Waals surface area contributed by atoms with E-state index in [1.807, 2.05) is 31.2 Å². The summed E-state index contributed by atoms with van der Waals surface area (Å²) in [6, 6.07) is 17.0. The second-order valence-electron chi connectivity index (χ2n) is 6.10. The van der Waals surface area contributed by atoms with Crippen molar-refractivity contribution in [1.29, 1.82) is 5.26 Å². The average molecular weight is 325 g/mol. The van der Waals surface area contributed by atoms with Crippen molar-refractivity contribution in [2.45, 2.75) is 36.3 Å². The van der Waals surface area contributed by atoms with Crippen LogP contribution < -0.4 is 0 Å². The molecule has 1 fully saturated rings. The molecule has 3 nitrogen and oxygen atoms in total. The molecular formula is C19H19NO2S. The molecule has 0 aromatic heterocycles. The third-order valence-electron chi connectivity index (χ3n) is 4.58. The van der Waals surface area contributed by atoms with E-state index in [1.165, 1.54) is 5.56 Å². The Morgan fingerprint density at radius 3 is 2.17 bits per heavy atom. The lowest BCUT2D eigenvalue weighted by atomic mass is 10.1. The molecule has 2 aromatic rings. The number of hydrogen-bond donors (Lipinski definition) is 0. The summed E-state index contributed by atoms with van der Waals surface area (Å²) in [5, 5.41) is 8.71. The largest absolute Gasteiger partial charge is 0.223 e. The highest BCUT2D eigenvalue weighted by Gasteiger charge is 2.59. The van der Waals surface area contributed by atoms with Crippen molar-refractivity contribution >= 4 is 9.84 Å². The minimum absolute atomic E-state index is 0.225. The number of hydrogen-bond acceptors (Lipinski definition) is 3. The Bertz CT molecular complexity index is 846. The molecule has 3 atom stereocenters. The van der Waals surface area contributed by atoms with Gasteiger partial charge < -0.3 is 0 Å². The second kappa shape index (κ2) is 5.82. The number of benzene rings is 2. The number of nitrogens with zero attached hydrogens (tertiary/aromatic N) is 1. The zero-order valence-electron chi connectivity index (χ0n) is 13.2. The van der Waals surface area contributed by atoms with Crippen molar-refractivity contribution in [1.82, 2.24) is 0 Å². The SMILES string of the molecule is CCc1ccc([C@@H]2[C@@H](C#N)[C@H]2S(=O)(=O)c2ccc(C)cc2)cc1. The van der Waals surface area contributed by atoms with Crippen LogP contribution in [0.25, 0.3) is 0 Å². The van der Waals surface area contributed by atoms with Crippen molar-refractivity contribution in [2.75, 3.05) is 0 Å². The number of sulfone groups is 1. The Balaban J connectivity index is 1.92. The maximum Gasteiger partial charge on any atom is 0.183 e. The van der Waals surface area contributed by atoms with Gasteiger partial charge in [-0.25, -0.2) is 8.42 Å². The molecule has 0 radical (unpaired) electrons. The van der Waals surface area contributed by atoms with E-state index in [0.717, 1.165) is 17.5 Å². The highest BCUT2D eigenvalue weighted by atomic mass is 32.2. The minimum Gasteiger partial charge on any atom is -0.223 e. The smallest absolute Gasteiger partial charge is 0.183 e. The first kappa shape index (κ1) is 15.8. The topological polar surface area (TPSA) is 57.9 Å². The van der Waals surface area contributed by atoms with Gasteiger partial charge in [0.1, 0.15) is 0 Å². The first-order chi connectivity index (χ1) is 11.0. The lowest BCUT2D eigenvalue weighted by Gasteiger charge is -2.05. The van der Waals surface area contributed by atoms with Crippen molar-refractivity contribution < 1.29 is 8.42 Å². The molecule has 0 saturated heterocycles. The maximum absolute atomic E-state index is 12.8. The quantitative estimate of drug-likeness (QED) is 0.862. The van der Waals surface area contributed by atoms with Gasteiger partial charge in [0.15, 0.2) is 9.84 Å². The highest BCUT2D eigenvalue weighted by molar-refractivity contribution is 7.92. The van der Waals surface area contributed by atoms with Crippen LogP contribution in [-0.2, 0) is 16.3 Å². The van der Waals surface area contributed by atoms with Crippen molar-refractivity contribution in [3.63, 3.8) is 0 Å². The number of rotatable bonds is 4. The molecule has 1 aliphatic carbocycles. The molecule has 0 amide bonds. The van der Waals surface area contributed by atoms with Crippen LogP contribution in [0.4, 0.5) is 0 Å². The van der Waals surface area contributed by atoms with Crippen LogP contribution >= 0.6 is 0 Å². The zero-order chi connectivity index (χ0) is 16.6. The third kappa shape index (κ3) is 2.77. The van der Waals surface area contributed by atoms with Crippen LogP contribution in [0.1, 0.15) is 29.5 Å². The fraction of sp³-hybridized carbons (Fsp3) is 0.316. The fourth-order valence-electron chi connectivity index (χ4n) is 3.08. The Labute approximate surface area is 137 Å². The zero-order valence-corrected chi connectivity index (χ0v) is 14.0. The molecular weight excluding hydrogens is 306 g/mol. The first-order valence-corrected chi connectivity index (χ1v) is 9.32. The monoisotopic (exact) mass is 325 g/mol. The molecule has 4 heteroatoms. The standard InChI is InChI=1S/C19H19NO2S/c1-3-14-6-8-15(9-7-14)18-17(12-20)19(18)23(21,22)16-10-4-13(2)5-11-16/h4-11,17-19H,3H2,1-2H3/t17-,18-,19-/m1/s1. The van der Waals surface area contributed by atoms with Gasteiger partial charge in [0, 0.05) is 5.92 Å². The van der Waals surface area contributed by atoms with E-state index in [9.17, 15) is 13.7 Å². The van der Waals surface area contributed by atoms with E-state index in [-0.39, 0.29) is 5.92 Å². The van der Waals surface area contributed by atoms with E-state index in [4.69, 9.17) is 0 Å². The van der Waals surface area contributed by atoms with Crippen LogP contribution in [0.15, 0.2) is 53.4 Å². The summed E-state index contributed by atoms with van der Waals surface area (Å²) in [5.41, 5.74) is 3.17. The molecule has 0 spiro atoms. The van der Waals surface area contributed by atoms with Crippen LogP contribution in [0.3, 0.4) is 0 Å². The first-order valence-electron chi connectivity index (χ1n) is 7.78. The number of nitriles is 1. The van der Waals surface area contributed by atoms with Gasteiger partial charge in [0.05, 0.1) is 22.1 Å². The fourth-order valence-corrected chi connectivity index (χ4v) is 5.15. The summed E-state index contributed by atoms with van der Waals surface area (Å²) < 4.78 is 25.7. The second-order valence-corrected chi connectivity index (χ2v) is 8.20. The molecule has 0 unspecified atom stereocenters. The van der Waals surface area contributed by atoms with Gasteiger partial charge >= 0.3 is 0 Å². The van der Waals surface area contributed by atoms with E-state index in [1.54, 1.807) is 24.3 Å². The molecule has 0 heterocycles. The Morgan fingerprint density at radius 2 is 1.65 bits per heavy atom. The lowest BCUT2D eigenvalue weighted by molar-refractivity contribution is 0.593. The molecule has 0 aliphatic heterocycles. The normalized spacial score (nSPS) is 23.3.